The van der Waals surface area contributed by atoms with Gasteiger partial charge in [-0.05, 0) is 13.3 Å². The average molecular weight is 368 g/mol. The molecule has 0 aliphatic heterocycles. The van der Waals surface area contributed by atoms with Crippen LogP contribution in [0.2, 0.25) is 0 Å². The Morgan fingerprint density at radius 3 is 1.69 bits per heavy atom. The number of amides is 1. The Morgan fingerprint density at radius 1 is 0.846 bits per heavy atom. The molecule has 1 unspecified atom stereocenters. The monoisotopic (exact) mass is 367 g/mol. The van der Waals surface area contributed by atoms with Crippen LogP contribution in [0.15, 0.2) is 12.7 Å². The van der Waals surface area contributed by atoms with E-state index in [1.807, 2.05) is 6.92 Å². The van der Waals surface area contributed by atoms with E-state index in [-0.39, 0.29) is 12.1 Å². The largest absolute Gasteiger partial charge is 0.355 e. The van der Waals surface area contributed by atoms with Crippen LogP contribution in [0.25, 0.3) is 0 Å². The van der Waals surface area contributed by atoms with Gasteiger partial charge >= 0.3 is 0 Å². The standard InChI is InChI=1S/C23H45NO2/c1-4-6-7-8-9-10-11-12-13-14-15-16-17-18-19-20-23(25)24-22(3)26-21-5-2/h5,22H,2,4,6-21H2,1,3H3,(H,24,25). The Kier molecular flexibility index (Phi) is 19.8. The summed E-state index contributed by atoms with van der Waals surface area (Å²) in [5.41, 5.74) is 0. The predicted molar refractivity (Wildman–Crippen MR) is 113 cm³/mol. The number of unbranched alkanes of at least 4 members (excludes halogenated alkanes) is 14. The molecule has 0 aliphatic carbocycles. The Bertz CT molecular complexity index is 317. The zero-order chi connectivity index (χ0) is 19.3. The number of ether oxygens (including phenoxy) is 1. The first kappa shape index (κ1) is 25.2. The zero-order valence-electron chi connectivity index (χ0n) is 17.7. The lowest BCUT2D eigenvalue weighted by atomic mass is 10.0. The highest BCUT2D eigenvalue weighted by Crippen LogP contribution is 2.13. The van der Waals surface area contributed by atoms with Gasteiger partial charge in [-0.25, -0.2) is 0 Å². The van der Waals surface area contributed by atoms with Crippen molar-refractivity contribution >= 4 is 5.91 Å². The van der Waals surface area contributed by atoms with Gasteiger partial charge in [0.1, 0.15) is 6.23 Å². The lowest BCUT2D eigenvalue weighted by molar-refractivity contribution is -0.124. The van der Waals surface area contributed by atoms with Gasteiger partial charge in [0.05, 0.1) is 6.61 Å². The van der Waals surface area contributed by atoms with E-state index in [0.29, 0.717) is 13.0 Å². The van der Waals surface area contributed by atoms with Gasteiger partial charge in [-0.2, -0.15) is 0 Å². The second kappa shape index (κ2) is 20.5. The van der Waals surface area contributed by atoms with Gasteiger partial charge < -0.3 is 10.1 Å². The van der Waals surface area contributed by atoms with E-state index in [4.69, 9.17) is 4.74 Å². The zero-order valence-corrected chi connectivity index (χ0v) is 17.7. The summed E-state index contributed by atoms with van der Waals surface area (Å²) in [6.07, 6.45) is 22.3. The third-order valence-corrected chi connectivity index (χ3v) is 4.84. The minimum Gasteiger partial charge on any atom is -0.355 e. The maximum atomic E-state index is 11.7. The van der Waals surface area contributed by atoms with Gasteiger partial charge in [-0.3, -0.25) is 4.79 Å². The molecule has 1 atom stereocenters. The minimum absolute atomic E-state index is 0.0938. The van der Waals surface area contributed by atoms with Crippen molar-refractivity contribution in [3.05, 3.63) is 12.7 Å². The quantitative estimate of drug-likeness (QED) is 0.144. The molecule has 1 amide bonds. The van der Waals surface area contributed by atoms with Crippen LogP contribution in [-0.2, 0) is 9.53 Å². The van der Waals surface area contributed by atoms with Crippen LogP contribution in [0.4, 0.5) is 0 Å². The molecular formula is C23H45NO2. The first-order chi connectivity index (χ1) is 12.7. The fourth-order valence-electron chi connectivity index (χ4n) is 3.21. The molecule has 0 aliphatic rings. The predicted octanol–water partition coefficient (Wildman–Crippen LogP) is 6.91. The second-order valence-corrected chi connectivity index (χ2v) is 7.53. The lowest BCUT2D eigenvalue weighted by Gasteiger charge is -2.13. The van der Waals surface area contributed by atoms with Gasteiger partial charge in [0.2, 0.25) is 5.91 Å². The number of hydrogen-bond donors (Lipinski definition) is 1. The smallest absolute Gasteiger partial charge is 0.221 e. The molecule has 1 N–H and O–H groups in total. The summed E-state index contributed by atoms with van der Waals surface area (Å²) in [7, 11) is 0. The number of hydrogen-bond acceptors (Lipinski definition) is 2. The third-order valence-electron chi connectivity index (χ3n) is 4.84. The molecule has 0 spiro atoms. The first-order valence-electron chi connectivity index (χ1n) is 11.2. The molecule has 0 fully saturated rings. The van der Waals surface area contributed by atoms with Crippen molar-refractivity contribution in [3.63, 3.8) is 0 Å². The highest BCUT2D eigenvalue weighted by atomic mass is 16.5. The van der Waals surface area contributed by atoms with Crippen molar-refractivity contribution in [2.45, 2.75) is 123 Å². The van der Waals surface area contributed by atoms with Crippen LogP contribution in [0, 0.1) is 0 Å². The molecule has 0 rings (SSSR count). The highest BCUT2D eigenvalue weighted by Gasteiger charge is 2.06. The van der Waals surface area contributed by atoms with Crippen LogP contribution in [0.3, 0.4) is 0 Å². The lowest BCUT2D eigenvalue weighted by Crippen LogP contribution is -2.34. The summed E-state index contributed by atoms with van der Waals surface area (Å²) in [5, 5.41) is 2.86. The molecule has 0 saturated carbocycles. The summed E-state index contributed by atoms with van der Waals surface area (Å²) >= 11 is 0. The number of rotatable bonds is 20. The van der Waals surface area contributed by atoms with Crippen LogP contribution < -0.4 is 5.32 Å². The van der Waals surface area contributed by atoms with Crippen molar-refractivity contribution in [1.82, 2.24) is 5.32 Å². The molecule has 3 heteroatoms. The molecule has 0 aromatic carbocycles. The summed E-state index contributed by atoms with van der Waals surface area (Å²) in [5.74, 6) is 0.0938. The van der Waals surface area contributed by atoms with Crippen molar-refractivity contribution in [2.75, 3.05) is 6.61 Å². The molecule has 154 valence electrons. The maximum Gasteiger partial charge on any atom is 0.221 e. The summed E-state index contributed by atoms with van der Waals surface area (Å²) in [6, 6.07) is 0. The van der Waals surface area contributed by atoms with E-state index in [0.717, 1.165) is 12.8 Å². The number of nitrogens with one attached hydrogen (secondary N) is 1. The summed E-state index contributed by atoms with van der Waals surface area (Å²) in [4.78, 5) is 11.7. The third kappa shape index (κ3) is 19.5. The minimum atomic E-state index is -0.225. The molecule has 0 bridgehead atoms. The Balaban J connectivity index is 3.19. The molecule has 0 aromatic heterocycles. The van der Waals surface area contributed by atoms with Gasteiger partial charge in [-0.1, -0.05) is 103 Å². The molecule has 3 nitrogen and oxygen atoms in total. The second-order valence-electron chi connectivity index (χ2n) is 7.53. The van der Waals surface area contributed by atoms with Crippen LogP contribution >= 0.6 is 0 Å². The van der Waals surface area contributed by atoms with Crippen molar-refractivity contribution < 1.29 is 9.53 Å². The first-order valence-corrected chi connectivity index (χ1v) is 11.2. The van der Waals surface area contributed by atoms with E-state index in [2.05, 4.69) is 18.8 Å². The van der Waals surface area contributed by atoms with Gasteiger partial charge in [0.25, 0.3) is 0 Å². The number of carbonyl (C=O) groups excluding carboxylic acids is 1. The topological polar surface area (TPSA) is 38.3 Å². The molecular weight excluding hydrogens is 322 g/mol. The van der Waals surface area contributed by atoms with Crippen molar-refractivity contribution in [2.24, 2.45) is 0 Å². The highest BCUT2D eigenvalue weighted by molar-refractivity contribution is 5.75. The molecule has 0 radical (unpaired) electrons. The van der Waals surface area contributed by atoms with Gasteiger partial charge in [0.15, 0.2) is 0 Å². The molecule has 0 heterocycles. The normalized spacial score (nSPS) is 12.1. The van der Waals surface area contributed by atoms with E-state index in [1.54, 1.807) is 6.08 Å². The SMILES string of the molecule is C=CCOC(C)NC(=O)CCCCCCCCCCCCCCCCC. The van der Waals surface area contributed by atoms with Crippen molar-refractivity contribution in [1.29, 1.82) is 0 Å². The summed E-state index contributed by atoms with van der Waals surface area (Å²) in [6.45, 7) is 8.20. The van der Waals surface area contributed by atoms with E-state index >= 15 is 0 Å². The van der Waals surface area contributed by atoms with E-state index in [9.17, 15) is 4.79 Å². The van der Waals surface area contributed by atoms with Crippen LogP contribution in [-0.4, -0.2) is 18.7 Å². The average Bonchev–Trinajstić information content (AvgIpc) is 2.63. The fraction of sp³-hybridized carbons (Fsp3) is 0.870. The maximum absolute atomic E-state index is 11.7. The molecule has 0 saturated heterocycles. The molecule has 26 heavy (non-hydrogen) atoms. The Hall–Kier alpha value is -0.830. The Labute approximate surface area is 163 Å². The number of carbonyl (C=O) groups is 1. The van der Waals surface area contributed by atoms with Gasteiger partial charge in [-0.15, -0.1) is 6.58 Å². The van der Waals surface area contributed by atoms with E-state index < -0.39 is 0 Å². The fourth-order valence-corrected chi connectivity index (χ4v) is 3.21. The van der Waals surface area contributed by atoms with Crippen molar-refractivity contribution in [3.8, 4) is 0 Å². The summed E-state index contributed by atoms with van der Waals surface area (Å²) < 4.78 is 5.34. The van der Waals surface area contributed by atoms with Gasteiger partial charge in [0, 0.05) is 6.42 Å². The van der Waals surface area contributed by atoms with Crippen LogP contribution in [0.1, 0.15) is 117 Å². The van der Waals surface area contributed by atoms with Crippen LogP contribution in [0.5, 0.6) is 0 Å². The molecule has 0 aromatic rings. The Morgan fingerprint density at radius 2 is 1.27 bits per heavy atom. The van der Waals surface area contributed by atoms with E-state index in [1.165, 1.54) is 83.5 Å².